The number of nitrogens with one attached hydrogen (secondary N) is 2. The van der Waals surface area contributed by atoms with Crippen molar-refractivity contribution in [3.8, 4) is 11.5 Å². The number of anilines is 1. The number of piperidine rings is 1. The molecule has 0 spiro atoms. The zero-order chi connectivity index (χ0) is 21.2. The molecule has 1 fully saturated rings. The molecule has 1 aliphatic heterocycles. The van der Waals surface area contributed by atoms with Gasteiger partial charge in [0.15, 0.2) is 5.82 Å². The molecule has 2 N–H and O–H groups in total. The summed E-state index contributed by atoms with van der Waals surface area (Å²) in [7, 11) is 0. The fourth-order valence-corrected chi connectivity index (χ4v) is 4.13. The van der Waals surface area contributed by atoms with Gasteiger partial charge in [-0.05, 0) is 55.5 Å². The first kappa shape index (κ1) is 19.2. The van der Waals surface area contributed by atoms with Crippen molar-refractivity contribution in [2.45, 2.75) is 26.2 Å². The Hall–Kier alpha value is -3.74. The van der Waals surface area contributed by atoms with E-state index in [0.29, 0.717) is 0 Å². The summed E-state index contributed by atoms with van der Waals surface area (Å²) < 4.78 is 0. The lowest BCUT2D eigenvalue weighted by molar-refractivity contribution is 0.578. The first-order chi connectivity index (χ1) is 15.2. The SMILES string of the molecule is C=C(/C=c1/c(-c2nc3c(N4CCCCC4)cncc3[nH]2)n[nH]/c1=C/C)c1ccncc1. The van der Waals surface area contributed by atoms with Gasteiger partial charge in [-0.1, -0.05) is 12.7 Å². The van der Waals surface area contributed by atoms with E-state index in [1.54, 1.807) is 12.4 Å². The number of H-pyrrole nitrogens is 2. The standard InChI is InChI=1S/C24H25N7/c1-3-19-18(13-16(2)17-7-9-25-10-8-17)22(30-29-19)24-27-20-14-26-15-21(23(20)28-24)31-11-5-4-6-12-31/h3,7-10,13-15,29H,2,4-6,11-12H2,1H3,(H,27,28)/b18-13+,19-3+. The molecule has 0 aromatic carbocycles. The number of aromatic amines is 2. The van der Waals surface area contributed by atoms with Crippen molar-refractivity contribution in [2.75, 3.05) is 18.0 Å². The van der Waals surface area contributed by atoms with Crippen LogP contribution in [0.2, 0.25) is 0 Å². The Labute approximate surface area is 180 Å². The van der Waals surface area contributed by atoms with Gasteiger partial charge in [0, 0.05) is 30.7 Å². The molecule has 0 radical (unpaired) electrons. The average Bonchev–Trinajstić information content (AvgIpc) is 3.43. The van der Waals surface area contributed by atoms with Crippen molar-refractivity contribution < 1.29 is 0 Å². The van der Waals surface area contributed by atoms with Gasteiger partial charge in [-0.3, -0.25) is 15.1 Å². The Balaban J connectivity index is 1.62. The van der Waals surface area contributed by atoms with Crippen LogP contribution in [0.5, 0.6) is 0 Å². The number of fused-ring (bicyclic) bond motifs is 1. The maximum Gasteiger partial charge on any atom is 0.159 e. The van der Waals surface area contributed by atoms with E-state index in [-0.39, 0.29) is 0 Å². The Morgan fingerprint density at radius 3 is 2.68 bits per heavy atom. The number of hydrogen-bond donors (Lipinski definition) is 2. The Morgan fingerprint density at radius 2 is 1.90 bits per heavy atom. The molecule has 4 aromatic rings. The van der Waals surface area contributed by atoms with Crippen LogP contribution in [0.1, 0.15) is 31.7 Å². The summed E-state index contributed by atoms with van der Waals surface area (Å²) >= 11 is 0. The van der Waals surface area contributed by atoms with Gasteiger partial charge in [0.2, 0.25) is 0 Å². The molecule has 0 aliphatic carbocycles. The van der Waals surface area contributed by atoms with Gasteiger partial charge >= 0.3 is 0 Å². The predicted octanol–water partition coefficient (Wildman–Crippen LogP) is 3.03. The number of nitrogens with zero attached hydrogens (tertiary/aromatic N) is 5. The van der Waals surface area contributed by atoms with Crippen molar-refractivity contribution in [1.29, 1.82) is 0 Å². The Kier molecular flexibility index (Phi) is 5.08. The van der Waals surface area contributed by atoms with Gasteiger partial charge in [-0.15, -0.1) is 0 Å². The van der Waals surface area contributed by atoms with Crippen molar-refractivity contribution in [1.82, 2.24) is 30.1 Å². The number of allylic oxidation sites excluding steroid dienone is 1. The van der Waals surface area contributed by atoms with Crippen molar-refractivity contribution in [3.63, 3.8) is 0 Å². The van der Waals surface area contributed by atoms with Gasteiger partial charge in [0.05, 0.1) is 28.9 Å². The highest BCUT2D eigenvalue weighted by molar-refractivity contribution is 5.91. The summed E-state index contributed by atoms with van der Waals surface area (Å²) in [5.41, 5.74) is 5.62. The fourth-order valence-electron chi connectivity index (χ4n) is 4.13. The summed E-state index contributed by atoms with van der Waals surface area (Å²) in [4.78, 5) is 19.3. The zero-order valence-electron chi connectivity index (χ0n) is 17.6. The van der Waals surface area contributed by atoms with Gasteiger partial charge in [-0.25, -0.2) is 4.98 Å². The van der Waals surface area contributed by atoms with Crippen LogP contribution >= 0.6 is 0 Å². The third-order valence-corrected chi connectivity index (χ3v) is 5.79. The van der Waals surface area contributed by atoms with E-state index in [1.165, 1.54) is 19.3 Å². The highest BCUT2D eigenvalue weighted by Crippen LogP contribution is 2.28. The quantitative estimate of drug-likeness (QED) is 0.539. The number of rotatable bonds is 4. The van der Waals surface area contributed by atoms with Crippen LogP contribution in [0.3, 0.4) is 0 Å². The summed E-state index contributed by atoms with van der Waals surface area (Å²) in [6.45, 7) is 8.32. The molecule has 4 aromatic heterocycles. The highest BCUT2D eigenvalue weighted by Gasteiger charge is 2.18. The van der Waals surface area contributed by atoms with Gasteiger partial charge in [0.1, 0.15) is 11.2 Å². The van der Waals surface area contributed by atoms with Crippen LogP contribution in [0, 0.1) is 0 Å². The third kappa shape index (κ3) is 3.63. The van der Waals surface area contributed by atoms with E-state index in [2.05, 4.69) is 36.6 Å². The molecular formula is C24H25N7. The normalized spacial score (nSPS) is 15.7. The summed E-state index contributed by atoms with van der Waals surface area (Å²) in [5.74, 6) is 0.722. The van der Waals surface area contributed by atoms with Crippen LogP contribution in [0.15, 0.2) is 43.5 Å². The van der Waals surface area contributed by atoms with E-state index in [0.717, 1.165) is 63.0 Å². The van der Waals surface area contributed by atoms with Gasteiger partial charge in [0.25, 0.3) is 0 Å². The zero-order valence-corrected chi connectivity index (χ0v) is 17.6. The molecule has 1 aliphatic rings. The lowest BCUT2D eigenvalue weighted by Gasteiger charge is -2.28. The van der Waals surface area contributed by atoms with Crippen molar-refractivity contribution >= 4 is 34.4 Å². The summed E-state index contributed by atoms with van der Waals surface area (Å²) in [6, 6.07) is 3.90. The summed E-state index contributed by atoms with van der Waals surface area (Å²) in [6.07, 6.45) is 15.0. The first-order valence-corrected chi connectivity index (χ1v) is 10.7. The molecule has 0 bridgehead atoms. The molecule has 7 nitrogen and oxygen atoms in total. The maximum absolute atomic E-state index is 4.95. The summed E-state index contributed by atoms with van der Waals surface area (Å²) in [5, 5.41) is 9.58. The molecule has 7 heteroatoms. The predicted molar refractivity (Wildman–Crippen MR) is 125 cm³/mol. The second kappa shape index (κ2) is 8.18. The minimum Gasteiger partial charge on any atom is -0.368 e. The lowest BCUT2D eigenvalue weighted by Crippen LogP contribution is -2.29. The number of pyridine rings is 2. The second-order valence-electron chi connectivity index (χ2n) is 7.78. The fraction of sp³-hybridized carbons (Fsp3) is 0.250. The molecule has 156 valence electrons. The van der Waals surface area contributed by atoms with E-state index in [4.69, 9.17) is 4.98 Å². The van der Waals surface area contributed by atoms with Crippen LogP contribution in [0.4, 0.5) is 5.69 Å². The van der Waals surface area contributed by atoms with Crippen LogP contribution in [0.25, 0.3) is 40.3 Å². The molecule has 0 saturated carbocycles. The minimum atomic E-state index is 0.722. The van der Waals surface area contributed by atoms with Crippen LogP contribution < -0.4 is 15.5 Å². The van der Waals surface area contributed by atoms with Gasteiger partial charge < -0.3 is 9.88 Å². The smallest absolute Gasteiger partial charge is 0.159 e. The average molecular weight is 412 g/mol. The second-order valence-corrected chi connectivity index (χ2v) is 7.78. The Bertz CT molecular complexity index is 1340. The van der Waals surface area contributed by atoms with Gasteiger partial charge in [-0.2, -0.15) is 5.10 Å². The van der Waals surface area contributed by atoms with Crippen molar-refractivity contribution in [2.24, 2.45) is 0 Å². The number of imidazole rings is 1. The number of aromatic nitrogens is 6. The van der Waals surface area contributed by atoms with E-state index < -0.39 is 0 Å². The first-order valence-electron chi connectivity index (χ1n) is 10.7. The Morgan fingerprint density at radius 1 is 1.10 bits per heavy atom. The maximum atomic E-state index is 4.95. The third-order valence-electron chi connectivity index (χ3n) is 5.79. The van der Waals surface area contributed by atoms with Crippen LogP contribution in [-0.2, 0) is 0 Å². The van der Waals surface area contributed by atoms with E-state index >= 15 is 0 Å². The molecule has 0 atom stereocenters. The van der Waals surface area contributed by atoms with Crippen molar-refractivity contribution in [3.05, 3.63) is 59.6 Å². The largest absolute Gasteiger partial charge is 0.368 e. The topological polar surface area (TPSA) is 86.4 Å². The molecule has 5 rings (SSSR count). The van der Waals surface area contributed by atoms with Crippen LogP contribution in [-0.4, -0.2) is 43.2 Å². The van der Waals surface area contributed by atoms with E-state index in [1.807, 2.05) is 43.6 Å². The van der Waals surface area contributed by atoms with E-state index in [9.17, 15) is 0 Å². The molecule has 5 heterocycles. The molecule has 1 saturated heterocycles. The highest BCUT2D eigenvalue weighted by atomic mass is 15.2. The molecule has 0 unspecified atom stereocenters. The molecular weight excluding hydrogens is 386 g/mol. The lowest BCUT2D eigenvalue weighted by atomic mass is 10.1. The monoisotopic (exact) mass is 411 g/mol. The number of hydrogen-bond acceptors (Lipinski definition) is 5. The molecule has 0 amide bonds. The molecule has 31 heavy (non-hydrogen) atoms. The minimum absolute atomic E-state index is 0.722.